The number of nitrogens with zero attached hydrogens (tertiary/aromatic N) is 1. The fraction of sp³-hybridized carbons (Fsp3) is 0.111. The van der Waals surface area contributed by atoms with E-state index in [1.54, 1.807) is 19.2 Å². The van der Waals surface area contributed by atoms with Crippen molar-refractivity contribution in [1.82, 2.24) is 5.43 Å². The molecule has 0 saturated heterocycles. The van der Waals surface area contributed by atoms with Crippen LogP contribution in [0.5, 0.6) is 17.2 Å². The van der Waals surface area contributed by atoms with Crippen molar-refractivity contribution in [3.8, 4) is 17.2 Å². The van der Waals surface area contributed by atoms with Gasteiger partial charge in [0, 0.05) is 4.47 Å². The second kappa shape index (κ2) is 11.4. The standard InChI is InChI=1S/C27H22Br2N2O4/c1-33-24-14-20-6-4-3-5-19(20)13-22(24)27(32)31-30-15-18-11-23(29)26(25(12-18)34-2)35-16-17-7-9-21(28)10-8-17/h3-15H,16H2,1-2H3,(H,31,32)/b30-15-. The van der Waals surface area contributed by atoms with Crippen LogP contribution in [0.4, 0.5) is 0 Å². The third-order valence-electron chi connectivity index (χ3n) is 5.24. The highest BCUT2D eigenvalue weighted by Crippen LogP contribution is 2.37. The van der Waals surface area contributed by atoms with Crippen LogP contribution in [-0.4, -0.2) is 26.3 Å². The summed E-state index contributed by atoms with van der Waals surface area (Å²) >= 11 is 6.98. The number of rotatable bonds is 8. The van der Waals surface area contributed by atoms with Gasteiger partial charge in [-0.15, -0.1) is 0 Å². The molecule has 0 bridgehead atoms. The van der Waals surface area contributed by atoms with E-state index < -0.39 is 0 Å². The first kappa shape index (κ1) is 24.8. The lowest BCUT2D eigenvalue weighted by Crippen LogP contribution is -2.18. The van der Waals surface area contributed by atoms with Crippen LogP contribution in [0.2, 0.25) is 0 Å². The molecule has 1 amide bonds. The minimum atomic E-state index is -0.371. The van der Waals surface area contributed by atoms with Crippen molar-refractivity contribution in [1.29, 1.82) is 0 Å². The van der Waals surface area contributed by atoms with Gasteiger partial charge in [-0.1, -0.05) is 52.3 Å². The molecule has 0 fully saturated rings. The van der Waals surface area contributed by atoms with Gasteiger partial charge < -0.3 is 14.2 Å². The summed E-state index contributed by atoms with van der Waals surface area (Å²) in [4.78, 5) is 12.8. The van der Waals surface area contributed by atoms with Crippen LogP contribution < -0.4 is 19.6 Å². The molecule has 0 radical (unpaired) electrons. The van der Waals surface area contributed by atoms with E-state index in [0.717, 1.165) is 26.4 Å². The molecule has 1 N–H and O–H groups in total. The number of hydrazone groups is 1. The number of amides is 1. The van der Waals surface area contributed by atoms with Gasteiger partial charge in [0.1, 0.15) is 12.4 Å². The van der Waals surface area contributed by atoms with E-state index in [1.165, 1.54) is 13.3 Å². The van der Waals surface area contributed by atoms with Crippen LogP contribution in [0.1, 0.15) is 21.5 Å². The van der Waals surface area contributed by atoms with Gasteiger partial charge in [-0.25, -0.2) is 5.43 Å². The number of benzene rings is 4. The van der Waals surface area contributed by atoms with E-state index in [9.17, 15) is 4.79 Å². The third-order valence-corrected chi connectivity index (χ3v) is 6.36. The summed E-state index contributed by atoms with van der Waals surface area (Å²) in [5.41, 5.74) is 4.72. The Kier molecular flexibility index (Phi) is 8.05. The van der Waals surface area contributed by atoms with Crippen LogP contribution in [-0.2, 0) is 6.61 Å². The minimum Gasteiger partial charge on any atom is -0.496 e. The van der Waals surface area contributed by atoms with Gasteiger partial charge in [0.25, 0.3) is 5.91 Å². The molecule has 4 aromatic carbocycles. The molecule has 0 aliphatic rings. The van der Waals surface area contributed by atoms with Crippen LogP contribution in [0, 0.1) is 0 Å². The maximum Gasteiger partial charge on any atom is 0.275 e. The maximum atomic E-state index is 12.8. The summed E-state index contributed by atoms with van der Waals surface area (Å²) in [7, 11) is 3.11. The Morgan fingerprint density at radius 1 is 0.914 bits per heavy atom. The average Bonchev–Trinajstić information content (AvgIpc) is 2.87. The van der Waals surface area contributed by atoms with Crippen molar-refractivity contribution in [2.24, 2.45) is 5.10 Å². The second-order valence-corrected chi connectivity index (χ2v) is 9.32. The summed E-state index contributed by atoms with van der Waals surface area (Å²) in [6, 6.07) is 22.9. The summed E-state index contributed by atoms with van der Waals surface area (Å²) in [5, 5.41) is 6.05. The Morgan fingerprint density at radius 2 is 1.60 bits per heavy atom. The number of carbonyl (C=O) groups excluding carboxylic acids is 1. The molecular formula is C27H22Br2N2O4. The molecule has 35 heavy (non-hydrogen) atoms. The molecule has 0 unspecified atom stereocenters. The molecule has 0 aromatic heterocycles. The van der Waals surface area contributed by atoms with Crippen molar-refractivity contribution < 1.29 is 19.0 Å². The highest BCUT2D eigenvalue weighted by atomic mass is 79.9. The van der Waals surface area contributed by atoms with Crippen molar-refractivity contribution >= 4 is 54.8 Å². The summed E-state index contributed by atoms with van der Waals surface area (Å²) < 4.78 is 18.6. The molecule has 8 heteroatoms. The molecule has 4 rings (SSSR count). The zero-order chi connectivity index (χ0) is 24.8. The van der Waals surface area contributed by atoms with Gasteiger partial charge in [-0.05, 0) is 74.2 Å². The molecule has 0 aliphatic heterocycles. The first-order valence-electron chi connectivity index (χ1n) is 10.6. The van der Waals surface area contributed by atoms with Gasteiger partial charge >= 0.3 is 0 Å². The molecule has 178 valence electrons. The number of nitrogens with one attached hydrogen (secondary N) is 1. The SMILES string of the molecule is COc1cc2ccccc2cc1C(=O)N/N=C\c1cc(Br)c(OCc2ccc(Br)cc2)c(OC)c1. The van der Waals surface area contributed by atoms with Crippen molar-refractivity contribution in [3.05, 3.63) is 98.4 Å². The quantitative estimate of drug-likeness (QED) is 0.181. The first-order valence-corrected chi connectivity index (χ1v) is 12.2. The molecule has 0 aliphatic carbocycles. The Balaban J connectivity index is 1.48. The minimum absolute atomic E-state index is 0.371. The Hall–Kier alpha value is -3.36. The van der Waals surface area contributed by atoms with E-state index in [4.69, 9.17) is 14.2 Å². The second-order valence-electron chi connectivity index (χ2n) is 7.55. The van der Waals surface area contributed by atoms with Crippen LogP contribution >= 0.6 is 31.9 Å². The highest BCUT2D eigenvalue weighted by molar-refractivity contribution is 9.10. The largest absolute Gasteiger partial charge is 0.496 e. The van der Waals surface area contributed by atoms with Crippen LogP contribution in [0.3, 0.4) is 0 Å². The zero-order valence-electron chi connectivity index (χ0n) is 19.0. The summed E-state index contributed by atoms with van der Waals surface area (Å²) in [6.45, 7) is 0.388. The summed E-state index contributed by atoms with van der Waals surface area (Å²) in [5.74, 6) is 1.23. The van der Waals surface area contributed by atoms with Gasteiger partial charge in [0.15, 0.2) is 11.5 Å². The predicted octanol–water partition coefficient (Wildman–Crippen LogP) is 6.72. The lowest BCUT2D eigenvalue weighted by molar-refractivity contribution is 0.0952. The average molecular weight is 598 g/mol. The first-order chi connectivity index (χ1) is 17.0. The number of methoxy groups -OCH3 is 2. The number of halogens is 2. The Morgan fingerprint density at radius 3 is 2.29 bits per heavy atom. The third kappa shape index (κ3) is 6.01. The fourth-order valence-electron chi connectivity index (χ4n) is 3.48. The van der Waals surface area contributed by atoms with E-state index >= 15 is 0 Å². The molecule has 0 atom stereocenters. The highest BCUT2D eigenvalue weighted by Gasteiger charge is 2.14. The van der Waals surface area contributed by atoms with Gasteiger partial charge in [0.2, 0.25) is 0 Å². The molecule has 6 nitrogen and oxygen atoms in total. The van der Waals surface area contributed by atoms with Crippen LogP contribution in [0.15, 0.2) is 86.8 Å². The Bertz CT molecular complexity index is 1390. The topological polar surface area (TPSA) is 69.2 Å². The van der Waals surface area contributed by atoms with Crippen molar-refractivity contribution in [2.75, 3.05) is 14.2 Å². The molecule has 0 heterocycles. The number of ether oxygens (including phenoxy) is 3. The zero-order valence-corrected chi connectivity index (χ0v) is 22.2. The number of fused-ring (bicyclic) bond motifs is 1. The van der Waals surface area contributed by atoms with E-state index in [0.29, 0.717) is 33.9 Å². The lowest BCUT2D eigenvalue weighted by Gasteiger charge is -2.13. The monoisotopic (exact) mass is 596 g/mol. The maximum absolute atomic E-state index is 12.8. The lowest BCUT2D eigenvalue weighted by atomic mass is 10.1. The smallest absolute Gasteiger partial charge is 0.275 e. The van der Waals surface area contributed by atoms with Gasteiger partial charge in [-0.2, -0.15) is 5.10 Å². The van der Waals surface area contributed by atoms with Gasteiger partial charge in [0.05, 0.1) is 30.5 Å². The van der Waals surface area contributed by atoms with E-state index in [-0.39, 0.29) is 5.91 Å². The van der Waals surface area contributed by atoms with Crippen LogP contribution in [0.25, 0.3) is 10.8 Å². The molecule has 0 saturated carbocycles. The van der Waals surface area contributed by atoms with E-state index in [1.807, 2.05) is 60.7 Å². The fourth-order valence-corrected chi connectivity index (χ4v) is 4.32. The van der Waals surface area contributed by atoms with Crippen molar-refractivity contribution in [2.45, 2.75) is 6.61 Å². The predicted molar refractivity (Wildman–Crippen MR) is 145 cm³/mol. The van der Waals surface area contributed by atoms with Crippen molar-refractivity contribution in [3.63, 3.8) is 0 Å². The molecular weight excluding hydrogens is 576 g/mol. The van der Waals surface area contributed by atoms with E-state index in [2.05, 4.69) is 42.4 Å². The molecule has 4 aromatic rings. The number of hydrogen-bond acceptors (Lipinski definition) is 5. The normalized spacial score (nSPS) is 11.0. The number of hydrogen-bond donors (Lipinski definition) is 1. The summed E-state index contributed by atoms with van der Waals surface area (Å²) in [6.07, 6.45) is 1.54. The number of carbonyl (C=O) groups is 1. The molecule has 0 spiro atoms. The Labute approximate surface area is 220 Å². The van der Waals surface area contributed by atoms with Gasteiger partial charge in [-0.3, -0.25) is 4.79 Å².